The SMILES string of the molecule is CCCCNc1sc2c(C)c(O)c3ccc(/C(C)=N/N=C(N)N)cc3c2[n+]1C. The third-order valence-electron chi connectivity index (χ3n) is 4.82. The number of hydrogen-bond acceptors (Lipinski definition) is 5. The summed E-state index contributed by atoms with van der Waals surface area (Å²) < 4.78 is 3.24. The molecule has 0 spiro atoms. The van der Waals surface area contributed by atoms with Gasteiger partial charge in [0, 0.05) is 16.3 Å². The summed E-state index contributed by atoms with van der Waals surface area (Å²) >= 11 is 1.67. The lowest BCUT2D eigenvalue weighted by molar-refractivity contribution is -0.625. The van der Waals surface area contributed by atoms with Gasteiger partial charge in [-0.15, -0.1) is 5.10 Å². The van der Waals surface area contributed by atoms with Crippen molar-refractivity contribution in [2.75, 3.05) is 11.9 Å². The molecule has 1 aromatic heterocycles. The van der Waals surface area contributed by atoms with Crippen LogP contribution in [-0.2, 0) is 7.05 Å². The first-order valence-electron chi connectivity index (χ1n) is 9.30. The number of unbranched alkanes of at least 4 members (excludes halogenated alkanes) is 1. The van der Waals surface area contributed by atoms with Crippen LogP contribution in [0.3, 0.4) is 0 Å². The monoisotopic (exact) mass is 399 g/mol. The molecule has 148 valence electrons. The Morgan fingerprint density at radius 1 is 1.25 bits per heavy atom. The highest BCUT2D eigenvalue weighted by molar-refractivity contribution is 7.22. The third-order valence-corrected chi connectivity index (χ3v) is 6.13. The molecular weight excluding hydrogens is 372 g/mol. The summed E-state index contributed by atoms with van der Waals surface area (Å²) in [7, 11) is 2.05. The van der Waals surface area contributed by atoms with E-state index in [0.29, 0.717) is 11.5 Å². The Morgan fingerprint density at radius 2 is 2.00 bits per heavy atom. The Balaban J connectivity index is 2.23. The second kappa shape index (κ2) is 8.02. The number of hydrogen-bond donors (Lipinski definition) is 4. The Morgan fingerprint density at radius 3 is 2.68 bits per heavy atom. The minimum absolute atomic E-state index is 0.0807. The molecule has 2 aromatic carbocycles. The lowest BCUT2D eigenvalue weighted by Crippen LogP contribution is -2.30. The quantitative estimate of drug-likeness (QED) is 0.168. The fourth-order valence-corrected chi connectivity index (χ4v) is 4.41. The molecule has 0 amide bonds. The zero-order chi connectivity index (χ0) is 20.4. The van der Waals surface area contributed by atoms with Gasteiger partial charge in [0.1, 0.15) is 5.75 Å². The van der Waals surface area contributed by atoms with Crippen LogP contribution in [0, 0.1) is 6.92 Å². The number of phenols is 1. The van der Waals surface area contributed by atoms with Crippen LogP contribution in [-0.4, -0.2) is 23.3 Å². The maximum absolute atomic E-state index is 10.8. The standard InChI is InChI=1S/C20H26N6OS/c1-5-6-9-23-20-26(4)16-15-10-13(12(3)24-25-19(21)22)7-8-14(15)17(27)11(2)18(16)28-20/h7-8,10H,5-6,9H2,1-4H3,(H5,21,22,25,27)/p+1/b24-12+. The molecule has 0 unspecified atom stereocenters. The predicted octanol–water partition coefficient (Wildman–Crippen LogP) is 3.10. The number of thiazole rings is 1. The van der Waals surface area contributed by atoms with Crippen LogP contribution >= 0.6 is 11.3 Å². The van der Waals surface area contributed by atoms with E-state index in [1.54, 1.807) is 11.3 Å². The third kappa shape index (κ3) is 3.60. The van der Waals surface area contributed by atoms with Gasteiger partial charge in [-0.3, -0.25) is 5.32 Å². The molecule has 0 saturated carbocycles. The summed E-state index contributed by atoms with van der Waals surface area (Å²) in [4.78, 5) is 0. The van der Waals surface area contributed by atoms with Gasteiger partial charge in [-0.1, -0.05) is 19.4 Å². The molecule has 0 aliphatic carbocycles. The smallest absolute Gasteiger partial charge is 0.334 e. The average molecular weight is 400 g/mol. The zero-order valence-electron chi connectivity index (χ0n) is 16.7. The molecule has 3 rings (SSSR count). The van der Waals surface area contributed by atoms with E-state index in [9.17, 15) is 5.11 Å². The number of guanidine groups is 1. The predicted molar refractivity (Wildman–Crippen MR) is 118 cm³/mol. The van der Waals surface area contributed by atoms with Crippen molar-refractivity contribution in [3.63, 3.8) is 0 Å². The van der Waals surface area contributed by atoms with Crippen molar-refractivity contribution in [1.82, 2.24) is 0 Å². The highest BCUT2D eigenvalue weighted by Gasteiger charge is 2.22. The minimum atomic E-state index is -0.0807. The molecule has 0 aliphatic heterocycles. The van der Waals surface area contributed by atoms with E-state index in [1.807, 2.05) is 32.0 Å². The molecule has 6 N–H and O–H groups in total. The van der Waals surface area contributed by atoms with Crippen LogP contribution in [0.4, 0.5) is 5.13 Å². The maximum atomic E-state index is 10.8. The van der Waals surface area contributed by atoms with Crippen molar-refractivity contribution in [3.05, 3.63) is 29.3 Å². The van der Waals surface area contributed by atoms with Crippen LogP contribution in [0.2, 0.25) is 0 Å². The van der Waals surface area contributed by atoms with E-state index in [-0.39, 0.29) is 5.96 Å². The highest BCUT2D eigenvalue weighted by atomic mass is 32.1. The van der Waals surface area contributed by atoms with Gasteiger partial charge >= 0.3 is 5.13 Å². The maximum Gasteiger partial charge on any atom is 0.334 e. The molecule has 0 atom stereocenters. The molecule has 7 nitrogen and oxygen atoms in total. The minimum Gasteiger partial charge on any atom is -0.507 e. The van der Waals surface area contributed by atoms with Gasteiger partial charge in [-0.05, 0) is 49.3 Å². The van der Waals surface area contributed by atoms with E-state index >= 15 is 0 Å². The number of aromatic nitrogens is 1. The summed E-state index contributed by atoms with van der Waals surface area (Å²) in [5, 5.41) is 25.0. The van der Waals surface area contributed by atoms with Gasteiger partial charge in [-0.2, -0.15) is 5.10 Å². The van der Waals surface area contributed by atoms with E-state index in [0.717, 1.165) is 56.6 Å². The molecule has 0 saturated heterocycles. The molecule has 28 heavy (non-hydrogen) atoms. The summed E-state index contributed by atoms with van der Waals surface area (Å²) in [6, 6.07) is 5.87. The number of benzene rings is 2. The first-order chi connectivity index (χ1) is 13.3. The molecule has 0 aliphatic rings. The van der Waals surface area contributed by atoms with Crippen LogP contribution in [0.1, 0.15) is 37.8 Å². The second-order valence-corrected chi connectivity index (χ2v) is 7.87. The number of nitrogens with zero attached hydrogens (tertiary/aromatic N) is 3. The van der Waals surface area contributed by atoms with E-state index in [1.165, 1.54) is 0 Å². The first kappa shape index (κ1) is 19.9. The molecule has 0 radical (unpaired) electrons. The van der Waals surface area contributed by atoms with Crippen molar-refractivity contribution in [3.8, 4) is 5.75 Å². The van der Waals surface area contributed by atoms with Crippen molar-refractivity contribution in [2.45, 2.75) is 33.6 Å². The number of anilines is 1. The Kier molecular flexibility index (Phi) is 5.69. The fraction of sp³-hybridized carbons (Fsp3) is 0.350. The topological polar surface area (TPSA) is 113 Å². The number of nitrogens with one attached hydrogen (secondary N) is 1. The number of rotatable bonds is 6. The van der Waals surface area contributed by atoms with E-state index < -0.39 is 0 Å². The van der Waals surface area contributed by atoms with Crippen molar-refractivity contribution < 1.29 is 9.67 Å². The lowest BCUT2D eigenvalue weighted by atomic mass is 10.0. The number of nitrogens with two attached hydrogens (primary N) is 2. The van der Waals surface area contributed by atoms with Crippen LogP contribution in [0.25, 0.3) is 21.0 Å². The molecular formula is C20H27N6OS+. The number of phenolic OH excluding ortho intramolecular Hbond substituents is 1. The summed E-state index contributed by atoms with van der Waals surface area (Å²) in [6.45, 7) is 6.92. The van der Waals surface area contributed by atoms with Gasteiger partial charge in [0.2, 0.25) is 5.96 Å². The zero-order valence-corrected chi connectivity index (χ0v) is 17.5. The van der Waals surface area contributed by atoms with Crippen LogP contribution in [0.15, 0.2) is 28.4 Å². The van der Waals surface area contributed by atoms with Gasteiger partial charge in [0.15, 0.2) is 5.52 Å². The van der Waals surface area contributed by atoms with E-state index in [2.05, 4.69) is 34.1 Å². The second-order valence-electron chi connectivity index (χ2n) is 6.87. The first-order valence-corrected chi connectivity index (χ1v) is 10.1. The normalized spacial score (nSPS) is 11.9. The fourth-order valence-electron chi connectivity index (χ4n) is 3.22. The van der Waals surface area contributed by atoms with Crippen molar-refractivity contribution in [2.24, 2.45) is 28.7 Å². The number of aryl methyl sites for hydroxylation is 2. The van der Waals surface area contributed by atoms with Gasteiger partial charge in [0.25, 0.3) is 0 Å². The molecule has 8 heteroatoms. The Bertz CT molecular complexity index is 1100. The van der Waals surface area contributed by atoms with Gasteiger partial charge < -0.3 is 16.6 Å². The summed E-state index contributed by atoms with van der Waals surface area (Å²) in [5.74, 6) is 0.234. The summed E-state index contributed by atoms with van der Waals surface area (Å²) in [5.41, 5.74) is 14.3. The molecule has 1 heterocycles. The summed E-state index contributed by atoms with van der Waals surface area (Å²) in [6.07, 6.45) is 2.26. The van der Waals surface area contributed by atoms with Crippen molar-refractivity contribution >= 4 is 49.1 Å². The largest absolute Gasteiger partial charge is 0.507 e. The van der Waals surface area contributed by atoms with Crippen LogP contribution in [0.5, 0.6) is 5.75 Å². The number of aromatic hydroxyl groups is 1. The van der Waals surface area contributed by atoms with Crippen LogP contribution < -0.4 is 21.4 Å². The lowest BCUT2D eigenvalue weighted by Gasteiger charge is -2.08. The molecule has 3 aromatic rings. The Hall–Kier alpha value is -2.87. The molecule has 0 fully saturated rings. The van der Waals surface area contributed by atoms with E-state index in [4.69, 9.17) is 11.5 Å². The Labute approximate surface area is 168 Å². The average Bonchev–Trinajstić information content (AvgIpc) is 3.00. The van der Waals surface area contributed by atoms with Gasteiger partial charge in [-0.25, -0.2) is 4.57 Å². The number of fused-ring (bicyclic) bond motifs is 3. The highest BCUT2D eigenvalue weighted by Crippen LogP contribution is 2.40. The molecule has 0 bridgehead atoms. The van der Waals surface area contributed by atoms with Crippen molar-refractivity contribution in [1.29, 1.82) is 0 Å². The van der Waals surface area contributed by atoms with Gasteiger partial charge in [0.05, 0.1) is 24.0 Å².